The molecule has 4 rings (SSSR count). The van der Waals surface area contributed by atoms with Crippen molar-refractivity contribution in [2.75, 3.05) is 6.61 Å². The van der Waals surface area contributed by atoms with Gasteiger partial charge in [-0.05, 0) is 54.7 Å². The van der Waals surface area contributed by atoms with E-state index in [1.54, 1.807) is 36.6 Å². The first-order valence-electron chi connectivity index (χ1n) is 10.8. The van der Waals surface area contributed by atoms with Crippen LogP contribution >= 0.6 is 11.3 Å². The standard InChI is InChI=1S/C26H25FN2O3S/c1-5-32-25(31)22-16(4)28-26-29(23(22)19-10-8-18(9-11-19)15(2)3)24(30)21(33-26)14-17-6-12-20(27)13-7-17/h6-15,23H,5H2,1-4H3. The van der Waals surface area contributed by atoms with Gasteiger partial charge < -0.3 is 4.74 Å². The Bertz CT molecular complexity index is 1400. The van der Waals surface area contributed by atoms with E-state index in [0.29, 0.717) is 32.1 Å². The molecule has 1 aromatic heterocycles. The fourth-order valence-electron chi connectivity index (χ4n) is 3.88. The number of hydrogen-bond acceptors (Lipinski definition) is 5. The number of aromatic nitrogens is 1. The third-order valence-electron chi connectivity index (χ3n) is 5.60. The number of rotatable bonds is 5. The number of nitrogens with zero attached hydrogens (tertiary/aromatic N) is 2. The van der Waals surface area contributed by atoms with Gasteiger partial charge in [-0.2, -0.15) is 0 Å². The van der Waals surface area contributed by atoms with Crippen molar-refractivity contribution in [2.45, 2.75) is 39.7 Å². The van der Waals surface area contributed by atoms with Crippen molar-refractivity contribution in [1.82, 2.24) is 4.57 Å². The maximum Gasteiger partial charge on any atom is 0.338 e. The third-order valence-corrected chi connectivity index (χ3v) is 6.59. The molecule has 0 amide bonds. The van der Waals surface area contributed by atoms with E-state index in [1.165, 1.54) is 29.0 Å². The number of hydrogen-bond donors (Lipinski definition) is 0. The highest BCUT2D eigenvalue weighted by molar-refractivity contribution is 7.07. The van der Waals surface area contributed by atoms with E-state index in [0.717, 1.165) is 5.56 Å². The summed E-state index contributed by atoms with van der Waals surface area (Å²) in [7, 11) is 0. The highest BCUT2D eigenvalue weighted by atomic mass is 32.1. The van der Waals surface area contributed by atoms with Crippen molar-refractivity contribution < 1.29 is 13.9 Å². The second-order valence-electron chi connectivity index (χ2n) is 8.18. The van der Waals surface area contributed by atoms with Crippen LogP contribution in [0.15, 0.2) is 69.6 Å². The number of thiazole rings is 1. The number of ether oxygens (including phenoxy) is 1. The summed E-state index contributed by atoms with van der Waals surface area (Å²) in [5.41, 5.74) is 3.32. The van der Waals surface area contributed by atoms with Gasteiger partial charge in [0.25, 0.3) is 5.56 Å². The molecular formula is C26H25FN2O3S. The summed E-state index contributed by atoms with van der Waals surface area (Å²) in [5.74, 6) is -0.462. The smallest absolute Gasteiger partial charge is 0.338 e. The fourth-order valence-corrected chi connectivity index (χ4v) is 4.93. The quantitative estimate of drug-likeness (QED) is 0.535. The van der Waals surface area contributed by atoms with E-state index in [9.17, 15) is 14.0 Å². The number of benzene rings is 2. The molecule has 33 heavy (non-hydrogen) atoms. The van der Waals surface area contributed by atoms with Crippen LogP contribution in [0.4, 0.5) is 4.39 Å². The van der Waals surface area contributed by atoms with Crippen LogP contribution in [0.3, 0.4) is 0 Å². The molecule has 1 aliphatic heterocycles. The van der Waals surface area contributed by atoms with Crippen molar-refractivity contribution in [3.8, 4) is 0 Å². The summed E-state index contributed by atoms with van der Waals surface area (Å²) < 4.78 is 20.6. The van der Waals surface area contributed by atoms with Gasteiger partial charge in [-0.1, -0.05) is 61.6 Å². The maximum absolute atomic E-state index is 13.5. The van der Waals surface area contributed by atoms with Crippen LogP contribution in [0, 0.1) is 5.82 Å². The molecule has 170 valence electrons. The Kier molecular flexibility index (Phi) is 6.42. The number of carbonyl (C=O) groups excluding carboxylic acids is 1. The Morgan fingerprint density at radius 1 is 1.18 bits per heavy atom. The van der Waals surface area contributed by atoms with Crippen molar-refractivity contribution >= 4 is 23.4 Å². The number of fused-ring (bicyclic) bond motifs is 1. The lowest BCUT2D eigenvalue weighted by atomic mass is 9.93. The van der Waals surface area contributed by atoms with Gasteiger partial charge in [-0.3, -0.25) is 9.36 Å². The van der Waals surface area contributed by atoms with Gasteiger partial charge in [0.15, 0.2) is 4.80 Å². The molecule has 2 heterocycles. The normalized spacial score (nSPS) is 16.1. The topological polar surface area (TPSA) is 60.7 Å². The van der Waals surface area contributed by atoms with Gasteiger partial charge in [-0.15, -0.1) is 0 Å². The Labute approximate surface area is 195 Å². The Hall–Kier alpha value is -3.32. The zero-order valence-corrected chi connectivity index (χ0v) is 19.8. The zero-order valence-electron chi connectivity index (χ0n) is 19.0. The molecule has 0 N–H and O–H groups in total. The van der Waals surface area contributed by atoms with Crippen LogP contribution in [0.1, 0.15) is 56.3 Å². The Morgan fingerprint density at radius 3 is 2.45 bits per heavy atom. The van der Waals surface area contributed by atoms with Gasteiger partial charge in [0.05, 0.1) is 28.5 Å². The molecule has 0 saturated heterocycles. The lowest BCUT2D eigenvalue weighted by Crippen LogP contribution is -2.39. The minimum atomic E-state index is -0.642. The number of esters is 1. The van der Waals surface area contributed by atoms with Crippen LogP contribution in [-0.2, 0) is 9.53 Å². The molecule has 1 aliphatic rings. The zero-order chi connectivity index (χ0) is 23.7. The molecule has 0 saturated carbocycles. The highest BCUT2D eigenvalue weighted by Crippen LogP contribution is 2.31. The van der Waals surface area contributed by atoms with Crippen LogP contribution in [0.5, 0.6) is 0 Å². The summed E-state index contributed by atoms with van der Waals surface area (Å²) in [6.07, 6.45) is 1.71. The summed E-state index contributed by atoms with van der Waals surface area (Å²) in [6.45, 7) is 7.96. The average molecular weight is 465 g/mol. The van der Waals surface area contributed by atoms with E-state index in [-0.39, 0.29) is 18.0 Å². The number of allylic oxidation sites excluding steroid dienone is 1. The van der Waals surface area contributed by atoms with Crippen molar-refractivity contribution in [2.24, 2.45) is 4.99 Å². The largest absolute Gasteiger partial charge is 0.463 e. The van der Waals surface area contributed by atoms with E-state index < -0.39 is 12.0 Å². The summed E-state index contributed by atoms with van der Waals surface area (Å²) >= 11 is 1.25. The molecule has 3 aromatic rings. The van der Waals surface area contributed by atoms with Gasteiger partial charge in [0, 0.05) is 0 Å². The first-order chi connectivity index (χ1) is 15.8. The molecule has 0 spiro atoms. The summed E-state index contributed by atoms with van der Waals surface area (Å²) in [6, 6.07) is 13.2. The van der Waals surface area contributed by atoms with Crippen LogP contribution in [0.25, 0.3) is 6.08 Å². The van der Waals surface area contributed by atoms with Crippen molar-refractivity contribution in [3.63, 3.8) is 0 Å². The van der Waals surface area contributed by atoms with E-state index in [4.69, 9.17) is 4.74 Å². The average Bonchev–Trinajstić information content (AvgIpc) is 3.09. The monoisotopic (exact) mass is 464 g/mol. The SMILES string of the molecule is CCOC(=O)C1=C(C)N=c2sc(=Cc3ccc(F)cc3)c(=O)n2C1c1ccc(C(C)C)cc1. The molecule has 0 bridgehead atoms. The van der Waals surface area contributed by atoms with Crippen molar-refractivity contribution in [1.29, 1.82) is 0 Å². The van der Waals surface area contributed by atoms with Crippen LogP contribution in [0.2, 0.25) is 0 Å². The van der Waals surface area contributed by atoms with Crippen molar-refractivity contribution in [3.05, 3.63) is 102 Å². The predicted octanol–water partition coefficient (Wildman–Crippen LogP) is 4.06. The molecule has 1 atom stereocenters. The summed E-state index contributed by atoms with van der Waals surface area (Å²) in [5, 5.41) is 0. The minimum Gasteiger partial charge on any atom is -0.463 e. The predicted molar refractivity (Wildman–Crippen MR) is 127 cm³/mol. The van der Waals surface area contributed by atoms with E-state index in [2.05, 4.69) is 18.8 Å². The lowest BCUT2D eigenvalue weighted by molar-refractivity contribution is -0.139. The molecule has 0 fully saturated rings. The minimum absolute atomic E-state index is 0.226. The second-order valence-corrected chi connectivity index (χ2v) is 9.18. The maximum atomic E-state index is 13.5. The molecule has 0 radical (unpaired) electrons. The van der Waals surface area contributed by atoms with Gasteiger partial charge in [0.2, 0.25) is 0 Å². The molecule has 7 heteroatoms. The Morgan fingerprint density at radius 2 is 1.85 bits per heavy atom. The molecule has 0 aliphatic carbocycles. The van der Waals surface area contributed by atoms with Gasteiger partial charge >= 0.3 is 5.97 Å². The third kappa shape index (κ3) is 4.46. The first kappa shape index (κ1) is 22.9. The summed E-state index contributed by atoms with van der Waals surface area (Å²) in [4.78, 5) is 31.5. The molecule has 2 aromatic carbocycles. The van der Waals surface area contributed by atoms with Gasteiger partial charge in [0.1, 0.15) is 5.82 Å². The van der Waals surface area contributed by atoms with Crippen LogP contribution < -0.4 is 14.9 Å². The van der Waals surface area contributed by atoms with E-state index >= 15 is 0 Å². The number of halogens is 1. The number of carbonyl (C=O) groups is 1. The molecule has 1 unspecified atom stereocenters. The molecular weight excluding hydrogens is 439 g/mol. The van der Waals surface area contributed by atoms with Crippen LogP contribution in [-0.4, -0.2) is 17.1 Å². The second kappa shape index (κ2) is 9.27. The van der Waals surface area contributed by atoms with E-state index in [1.807, 2.05) is 24.3 Å². The molecule has 5 nitrogen and oxygen atoms in total. The Balaban J connectivity index is 1.92. The van der Waals surface area contributed by atoms with Gasteiger partial charge in [-0.25, -0.2) is 14.2 Å². The lowest BCUT2D eigenvalue weighted by Gasteiger charge is -2.25. The first-order valence-corrected chi connectivity index (χ1v) is 11.7. The fraction of sp³-hybridized carbons (Fsp3) is 0.269. The highest BCUT2D eigenvalue weighted by Gasteiger charge is 2.33.